The van der Waals surface area contributed by atoms with Crippen LogP contribution >= 0.6 is 15.9 Å². The van der Waals surface area contributed by atoms with Crippen molar-refractivity contribution in [2.75, 3.05) is 0 Å². The summed E-state index contributed by atoms with van der Waals surface area (Å²) in [6.07, 6.45) is 9.01. The van der Waals surface area contributed by atoms with Crippen LogP contribution in [0.3, 0.4) is 0 Å². The zero-order valence-corrected chi connectivity index (χ0v) is 13.5. The molecule has 19 heavy (non-hydrogen) atoms. The van der Waals surface area contributed by atoms with Gasteiger partial charge in [0.1, 0.15) is 5.78 Å². The summed E-state index contributed by atoms with van der Waals surface area (Å²) in [5.41, 5.74) is 1.98. The summed E-state index contributed by atoms with van der Waals surface area (Å²) in [7, 11) is 1.92. The minimum absolute atomic E-state index is 0.266. The number of aromatic nitrogens is 2. The Morgan fingerprint density at radius 2 is 1.84 bits per heavy atom. The summed E-state index contributed by atoms with van der Waals surface area (Å²) in [5.74, 6) is 0.660. The summed E-state index contributed by atoms with van der Waals surface area (Å²) in [4.78, 5) is 12.5. The molecular weight excluding hydrogens is 304 g/mol. The third-order valence-electron chi connectivity index (χ3n) is 4.16. The summed E-state index contributed by atoms with van der Waals surface area (Å²) in [6.45, 7) is 1.97. The van der Waals surface area contributed by atoms with E-state index >= 15 is 0 Å². The Morgan fingerprint density at radius 3 is 2.37 bits per heavy atom. The van der Waals surface area contributed by atoms with Crippen molar-refractivity contribution in [1.29, 1.82) is 0 Å². The number of Topliss-reactive ketones (excluding diaryl/α,β-unsaturated/α-hetero) is 1. The van der Waals surface area contributed by atoms with E-state index < -0.39 is 0 Å². The second-order valence-corrected chi connectivity index (χ2v) is 6.45. The highest BCUT2D eigenvalue weighted by molar-refractivity contribution is 9.10. The van der Waals surface area contributed by atoms with Gasteiger partial charge in [0.2, 0.25) is 0 Å². The normalized spacial score (nSPS) is 18.1. The number of rotatable bonds is 3. The number of carbonyl (C=O) groups excluding carboxylic acids is 1. The van der Waals surface area contributed by atoms with Gasteiger partial charge < -0.3 is 0 Å². The Balaban J connectivity index is 2.02. The molecule has 3 nitrogen and oxygen atoms in total. The highest BCUT2D eigenvalue weighted by Gasteiger charge is 2.22. The maximum Gasteiger partial charge on any atom is 0.141 e. The van der Waals surface area contributed by atoms with E-state index in [1.165, 1.54) is 32.1 Å². The zero-order valence-electron chi connectivity index (χ0n) is 11.9. The molecule has 1 fully saturated rings. The van der Waals surface area contributed by atoms with Crippen molar-refractivity contribution in [3.63, 3.8) is 0 Å². The van der Waals surface area contributed by atoms with Gasteiger partial charge in [0.25, 0.3) is 0 Å². The molecule has 4 heteroatoms. The molecule has 0 saturated heterocycles. The van der Waals surface area contributed by atoms with Gasteiger partial charge in [-0.2, -0.15) is 5.10 Å². The fourth-order valence-electron chi connectivity index (χ4n) is 2.96. The molecule has 0 unspecified atom stereocenters. The van der Waals surface area contributed by atoms with Crippen molar-refractivity contribution in [3.05, 3.63) is 15.9 Å². The van der Waals surface area contributed by atoms with Gasteiger partial charge in [0.05, 0.1) is 15.9 Å². The van der Waals surface area contributed by atoms with E-state index in [2.05, 4.69) is 21.0 Å². The lowest BCUT2D eigenvalue weighted by Crippen LogP contribution is -2.19. The van der Waals surface area contributed by atoms with Gasteiger partial charge in [0, 0.05) is 19.4 Å². The average molecular weight is 327 g/mol. The van der Waals surface area contributed by atoms with E-state index in [0.29, 0.717) is 12.2 Å². The Kier molecular flexibility index (Phi) is 5.20. The highest BCUT2D eigenvalue weighted by atomic mass is 79.9. The molecule has 0 aromatic carbocycles. The van der Waals surface area contributed by atoms with Gasteiger partial charge >= 0.3 is 0 Å². The summed E-state index contributed by atoms with van der Waals surface area (Å²) < 4.78 is 2.83. The molecule has 0 atom stereocenters. The predicted octanol–water partition coefficient (Wildman–Crippen LogP) is 3.96. The lowest BCUT2D eigenvalue weighted by Gasteiger charge is -2.18. The van der Waals surface area contributed by atoms with Crippen LogP contribution in [0.15, 0.2) is 4.47 Å². The van der Waals surface area contributed by atoms with E-state index in [0.717, 1.165) is 28.7 Å². The minimum atomic E-state index is 0.266. The molecule has 1 aromatic rings. The first-order chi connectivity index (χ1) is 9.09. The van der Waals surface area contributed by atoms with E-state index in [1.54, 1.807) is 0 Å². The molecule has 1 aliphatic carbocycles. The molecule has 0 spiro atoms. The van der Waals surface area contributed by atoms with Crippen LogP contribution in [0, 0.1) is 12.8 Å². The largest absolute Gasteiger partial charge is 0.299 e. The monoisotopic (exact) mass is 326 g/mol. The number of hydrogen-bond acceptors (Lipinski definition) is 2. The number of ketones is 1. The molecular formula is C15H23BrN2O. The van der Waals surface area contributed by atoms with Crippen molar-refractivity contribution in [2.24, 2.45) is 13.0 Å². The quantitative estimate of drug-likeness (QED) is 0.842. The van der Waals surface area contributed by atoms with Crippen LogP contribution in [0.1, 0.15) is 56.3 Å². The molecule has 1 aliphatic rings. The Hall–Kier alpha value is -0.640. The first-order valence-corrected chi connectivity index (χ1v) is 8.09. The zero-order chi connectivity index (χ0) is 13.8. The second-order valence-electron chi connectivity index (χ2n) is 5.65. The molecule has 1 heterocycles. The highest BCUT2D eigenvalue weighted by Crippen LogP contribution is 2.26. The third kappa shape index (κ3) is 3.68. The molecule has 1 saturated carbocycles. The Morgan fingerprint density at radius 1 is 1.26 bits per heavy atom. The van der Waals surface area contributed by atoms with Gasteiger partial charge in [-0.25, -0.2) is 0 Å². The molecule has 1 aromatic heterocycles. The van der Waals surface area contributed by atoms with Gasteiger partial charge in [-0.3, -0.25) is 9.48 Å². The molecule has 106 valence electrons. The maximum atomic E-state index is 12.5. The third-order valence-corrected chi connectivity index (χ3v) is 5.20. The molecule has 0 N–H and O–H groups in total. The van der Waals surface area contributed by atoms with Crippen LogP contribution in [0.5, 0.6) is 0 Å². The van der Waals surface area contributed by atoms with E-state index in [1.807, 2.05) is 18.7 Å². The van der Waals surface area contributed by atoms with Crippen molar-refractivity contribution in [2.45, 2.75) is 58.3 Å². The van der Waals surface area contributed by atoms with E-state index in [4.69, 9.17) is 0 Å². The number of halogens is 1. The maximum absolute atomic E-state index is 12.5. The molecule has 0 amide bonds. The SMILES string of the molecule is Cc1nn(C)c(CC(=O)C2CCCCCCC2)c1Br. The van der Waals surface area contributed by atoms with Crippen LogP contribution in [-0.4, -0.2) is 15.6 Å². The summed E-state index contributed by atoms with van der Waals surface area (Å²) >= 11 is 3.55. The van der Waals surface area contributed by atoms with Crippen LogP contribution in [-0.2, 0) is 18.3 Å². The van der Waals surface area contributed by atoms with E-state index in [-0.39, 0.29) is 5.92 Å². The fraction of sp³-hybridized carbons (Fsp3) is 0.733. The first kappa shape index (κ1) is 14.8. The fourth-order valence-corrected chi connectivity index (χ4v) is 3.44. The smallest absolute Gasteiger partial charge is 0.141 e. The van der Waals surface area contributed by atoms with Crippen molar-refractivity contribution < 1.29 is 4.79 Å². The Bertz CT molecular complexity index is 445. The molecule has 0 radical (unpaired) electrons. The van der Waals surface area contributed by atoms with Crippen molar-refractivity contribution in [3.8, 4) is 0 Å². The number of carbonyl (C=O) groups is 1. The average Bonchev–Trinajstić information content (AvgIpc) is 2.55. The van der Waals surface area contributed by atoms with Crippen LogP contribution < -0.4 is 0 Å². The minimum Gasteiger partial charge on any atom is -0.299 e. The van der Waals surface area contributed by atoms with Gasteiger partial charge in [-0.15, -0.1) is 0 Å². The Labute approximate surface area is 123 Å². The second kappa shape index (κ2) is 6.69. The lowest BCUT2D eigenvalue weighted by atomic mass is 9.86. The number of aryl methyl sites for hydroxylation is 2. The van der Waals surface area contributed by atoms with Crippen LogP contribution in [0.4, 0.5) is 0 Å². The lowest BCUT2D eigenvalue weighted by molar-refractivity contribution is -0.122. The molecule has 0 bridgehead atoms. The van der Waals surface area contributed by atoms with Crippen molar-refractivity contribution >= 4 is 21.7 Å². The van der Waals surface area contributed by atoms with Gasteiger partial charge in [0.15, 0.2) is 0 Å². The van der Waals surface area contributed by atoms with Crippen LogP contribution in [0.2, 0.25) is 0 Å². The number of hydrogen-bond donors (Lipinski definition) is 0. The van der Waals surface area contributed by atoms with Crippen molar-refractivity contribution in [1.82, 2.24) is 9.78 Å². The summed E-state index contributed by atoms with van der Waals surface area (Å²) in [6, 6.07) is 0. The van der Waals surface area contributed by atoms with E-state index in [9.17, 15) is 4.79 Å². The predicted molar refractivity (Wildman–Crippen MR) is 80.2 cm³/mol. The number of nitrogens with zero attached hydrogens (tertiary/aromatic N) is 2. The standard InChI is InChI=1S/C15H23BrN2O/c1-11-15(16)13(18(2)17-11)10-14(19)12-8-6-4-3-5-7-9-12/h12H,3-10H2,1-2H3. The summed E-state index contributed by atoms with van der Waals surface area (Å²) in [5, 5.41) is 4.36. The van der Waals surface area contributed by atoms with Gasteiger partial charge in [-0.05, 0) is 35.7 Å². The molecule has 0 aliphatic heterocycles. The van der Waals surface area contributed by atoms with Crippen LogP contribution in [0.25, 0.3) is 0 Å². The van der Waals surface area contributed by atoms with Gasteiger partial charge in [-0.1, -0.05) is 32.1 Å². The first-order valence-electron chi connectivity index (χ1n) is 7.30. The topological polar surface area (TPSA) is 34.9 Å². The molecule has 2 rings (SSSR count).